The molecule has 68 valence electrons. The van der Waals surface area contributed by atoms with E-state index in [2.05, 4.69) is 34.3 Å². The maximum Gasteiger partial charge on any atom is 0.00911 e. The van der Waals surface area contributed by atoms with Gasteiger partial charge < -0.3 is 0 Å². The highest BCUT2D eigenvalue weighted by Gasteiger charge is 2.29. The summed E-state index contributed by atoms with van der Waals surface area (Å²) in [5, 5.41) is 1.14. The third kappa shape index (κ3) is 2.50. The molecule has 1 aliphatic carbocycles. The van der Waals surface area contributed by atoms with Crippen molar-refractivity contribution < 1.29 is 0 Å². The molecule has 0 amide bonds. The van der Waals surface area contributed by atoms with Crippen LogP contribution in [0.5, 0.6) is 0 Å². The van der Waals surface area contributed by atoms with E-state index in [1.54, 1.807) is 0 Å². The first-order valence-corrected chi connectivity index (χ1v) is 5.85. The summed E-state index contributed by atoms with van der Waals surface area (Å²) in [7, 11) is 0. The summed E-state index contributed by atoms with van der Waals surface area (Å²) >= 11 is 3.63. The first kappa shape index (κ1) is 10.1. The second-order valence-corrected chi connectivity index (χ2v) is 4.37. The van der Waals surface area contributed by atoms with Crippen LogP contribution in [0.3, 0.4) is 0 Å². The lowest BCUT2D eigenvalue weighted by Crippen LogP contribution is -2.24. The second-order valence-electron chi connectivity index (χ2n) is 3.81. The minimum absolute atomic E-state index is 0.531. The Morgan fingerprint density at radius 3 is 2.50 bits per heavy atom. The summed E-state index contributed by atoms with van der Waals surface area (Å²) < 4.78 is 0. The molecule has 0 aliphatic heterocycles. The summed E-state index contributed by atoms with van der Waals surface area (Å²) in [5.74, 6) is 0. The average Bonchev–Trinajstić information content (AvgIpc) is 2.16. The minimum Gasteiger partial charge on any atom is -0.133 e. The number of halogens is 1. The van der Waals surface area contributed by atoms with E-state index in [1.165, 1.54) is 32.1 Å². The second kappa shape index (κ2) is 4.89. The van der Waals surface area contributed by atoms with Crippen molar-refractivity contribution in [2.45, 2.75) is 38.5 Å². The maximum atomic E-state index is 3.63. The van der Waals surface area contributed by atoms with Crippen molar-refractivity contribution in [3.63, 3.8) is 0 Å². The molecule has 0 unspecified atom stereocenters. The molecule has 12 heavy (non-hydrogen) atoms. The highest BCUT2D eigenvalue weighted by Crippen LogP contribution is 2.40. The molecule has 0 atom stereocenters. The van der Waals surface area contributed by atoms with Gasteiger partial charge in [-0.3, -0.25) is 0 Å². The van der Waals surface area contributed by atoms with Crippen molar-refractivity contribution in [3.8, 4) is 0 Å². The van der Waals surface area contributed by atoms with E-state index in [4.69, 9.17) is 0 Å². The largest absolute Gasteiger partial charge is 0.133 e. The van der Waals surface area contributed by atoms with Gasteiger partial charge >= 0.3 is 0 Å². The van der Waals surface area contributed by atoms with Crippen LogP contribution in [-0.4, -0.2) is 5.33 Å². The molecule has 0 nitrogen and oxygen atoms in total. The number of alkyl halides is 1. The zero-order valence-corrected chi connectivity index (χ0v) is 9.20. The standard InChI is InChI=1S/C11H17Br/c1-2-3-7-11(10-12)8-5-4-6-9-11/h3H,1,4-10H2. The first-order chi connectivity index (χ1) is 5.83. The van der Waals surface area contributed by atoms with Crippen LogP contribution in [0.2, 0.25) is 0 Å². The summed E-state index contributed by atoms with van der Waals surface area (Å²) in [6, 6.07) is 0. The van der Waals surface area contributed by atoms with Gasteiger partial charge in [0.15, 0.2) is 0 Å². The highest BCUT2D eigenvalue weighted by atomic mass is 79.9. The molecular weight excluding hydrogens is 212 g/mol. The Bertz CT molecular complexity index is 171. The highest BCUT2D eigenvalue weighted by molar-refractivity contribution is 9.09. The van der Waals surface area contributed by atoms with Crippen LogP contribution in [0.4, 0.5) is 0 Å². The van der Waals surface area contributed by atoms with Crippen LogP contribution in [-0.2, 0) is 0 Å². The molecule has 0 aromatic rings. The third-order valence-electron chi connectivity index (χ3n) is 2.88. The summed E-state index contributed by atoms with van der Waals surface area (Å²) in [4.78, 5) is 0. The number of hydrogen-bond acceptors (Lipinski definition) is 0. The van der Waals surface area contributed by atoms with Gasteiger partial charge in [0, 0.05) is 5.33 Å². The van der Waals surface area contributed by atoms with E-state index in [-0.39, 0.29) is 0 Å². The monoisotopic (exact) mass is 228 g/mol. The predicted molar refractivity (Wildman–Crippen MR) is 57.6 cm³/mol. The quantitative estimate of drug-likeness (QED) is 0.505. The lowest BCUT2D eigenvalue weighted by molar-refractivity contribution is 0.228. The van der Waals surface area contributed by atoms with Crippen molar-refractivity contribution in [2.75, 3.05) is 5.33 Å². The fourth-order valence-electron chi connectivity index (χ4n) is 1.98. The zero-order chi connectivity index (χ0) is 8.86. The Labute approximate surface area is 83.9 Å². The van der Waals surface area contributed by atoms with Gasteiger partial charge in [-0.05, 0) is 30.8 Å². The summed E-state index contributed by atoms with van der Waals surface area (Å²) in [6.45, 7) is 3.61. The van der Waals surface area contributed by atoms with E-state index >= 15 is 0 Å². The first-order valence-electron chi connectivity index (χ1n) is 4.73. The van der Waals surface area contributed by atoms with Gasteiger partial charge in [0.05, 0.1) is 0 Å². The average molecular weight is 229 g/mol. The molecule has 0 N–H and O–H groups in total. The molecule has 1 aliphatic rings. The van der Waals surface area contributed by atoms with Gasteiger partial charge in [0.25, 0.3) is 0 Å². The van der Waals surface area contributed by atoms with Gasteiger partial charge in [-0.2, -0.15) is 0 Å². The van der Waals surface area contributed by atoms with E-state index in [0.29, 0.717) is 5.41 Å². The van der Waals surface area contributed by atoms with E-state index < -0.39 is 0 Å². The Hall–Kier alpha value is 0. The Kier molecular flexibility index (Phi) is 4.11. The van der Waals surface area contributed by atoms with Crippen LogP contribution in [0.1, 0.15) is 38.5 Å². The lowest BCUT2D eigenvalue weighted by atomic mass is 9.73. The molecule has 1 fully saturated rings. The molecule has 0 radical (unpaired) electrons. The Morgan fingerprint density at radius 2 is 2.00 bits per heavy atom. The Balaban J connectivity index is 2.53. The van der Waals surface area contributed by atoms with Gasteiger partial charge in [0.1, 0.15) is 0 Å². The SMILES string of the molecule is C=C=CCC1(CBr)CCCCC1. The smallest absolute Gasteiger partial charge is 0.00911 e. The minimum atomic E-state index is 0.531. The molecule has 0 spiro atoms. The van der Waals surface area contributed by atoms with E-state index in [9.17, 15) is 0 Å². The van der Waals surface area contributed by atoms with Crippen molar-refractivity contribution in [2.24, 2.45) is 5.41 Å². The number of hydrogen-bond donors (Lipinski definition) is 0. The molecule has 0 aromatic heterocycles. The topological polar surface area (TPSA) is 0 Å². The lowest BCUT2D eigenvalue weighted by Gasteiger charge is -2.34. The Morgan fingerprint density at radius 1 is 1.33 bits per heavy atom. The van der Waals surface area contributed by atoms with Crippen molar-refractivity contribution in [3.05, 3.63) is 18.4 Å². The molecular formula is C11H17Br. The van der Waals surface area contributed by atoms with Crippen LogP contribution >= 0.6 is 15.9 Å². The maximum absolute atomic E-state index is 3.63. The number of allylic oxidation sites excluding steroid dienone is 1. The van der Waals surface area contributed by atoms with Gasteiger partial charge in [-0.1, -0.05) is 41.8 Å². The molecule has 0 bridgehead atoms. The fourth-order valence-corrected chi connectivity index (χ4v) is 2.77. The van der Waals surface area contributed by atoms with Crippen LogP contribution in [0.15, 0.2) is 18.4 Å². The summed E-state index contributed by atoms with van der Waals surface area (Å²) in [6.07, 6.45) is 10.2. The van der Waals surface area contributed by atoms with Gasteiger partial charge in [-0.15, -0.1) is 5.73 Å². The van der Waals surface area contributed by atoms with Crippen LogP contribution < -0.4 is 0 Å². The van der Waals surface area contributed by atoms with Crippen molar-refractivity contribution >= 4 is 15.9 Å². The molecule has 1 rings (SSSR count). The van der Waals surface area contributed by atoms with Crippen LogP contribution in [0, 0.1) is 5.41 Å². The van der Waals surface area contributed by atoms with Gasteiger partial charge in [0.2, 0.25) is 0 Å². The molecule has 0 aromatic carbocycles. The third-order valence-corrected chi connectivity index (χ3v) is 4.07. The normalized spacial score (nSPS) is 21.4. The fraction of sp³-hybridized carbons (Fsp3) is 0.727. The van der Waals surface area contributed by atoms with Crippen LogP contribution in [0.25, 0.3) is 0 Å². The van der Waals surface area contributed by atoms with Crippen molar-refractivity contribution in [1.29, 1.82) is 0 Å². The molecule has 1 heteroatoms. The molecule has 0 heterocycles. The van der Waals surface area contributed by atoms with Gasteiger partial charge in [-0.25, -0.2) is 0 Å². The molecule has 0 saturated heterocycles. The number of rotatable bonds is 3. The van der Waals surface area contributed by atoms with E-state index in [1.807, 2.05) is 0 Å². The van der Waals surface area contributed by atoms with E-state index in [0.717, 1.165) is 11.8 Å². The summed E-state index contributed by atoms with van der Waals surface area (Å²) in [5.41, 5.74) is 3.41. The van der Waals surface area contributed by atoms with Crippen molar-refractivity contribution in [1.82, 2.24) is 0 Å². The predicted octanol–water partition coefficient (Wildman–Crippen LogP) is 4.06. The molecule has 1 saturated carbocycles. The zero-order valence-electron chi connectivity index (χ0n) is 7.61.